The van der Waals surface area contributed by atoms with Crippen molar-refractivity contribution in [3.05, 3.63) is 20.8 Å². The quantitative estimate of drug-likeness (QED) is 0.674. The highest BCUT2D eigenvalue weighted by atomic mass is 32.2. The molecule has 0 bridgehead atoms. The normalized spacial score (nSPS) is 22.0. The van der Waals surface area contributed by atoms with Crippen molar-refractivity contribution in [3.63, 3.8) is 0 Å². The van der Waals surface area contributed by atoms with Crippen LogP contribution in [0, 0.1) is 0 Å². The Morgan fingerprint density at radius 2 is 2.00 bits per heavy atom. The molecule has 0 aliphatic carbocycles. The first-order chi connectivity index (χ1) is 8.30. The Morgan fingerprint density at radius 1 is 1.33 bits per heavy atom. The van der Waals surface area contributed by atoms with E-state index in [1.165, 1.54) is 14.1 Å². The highest BCUT2D eigenvalue weighted by Gasteiger charge is 2.28. The summed E-state index contributed by atoms with van der Waals surface area (Å²) in [5.74, 6) is 0.0962. The van der Waals surface area contributed by atoms with Crippen LogP contribution in [-0.2, 0) is 23.9 Å². The highest BCUT2D eigenvalue weighted by molar-refractivity contribution is 7.91. The van der Waals surface area contributed by atoms with E-state index in [-0.39, 0.29) is 23.4 Å². The van der Waals surface area contributed by atoms with E-state index in [9.17, 15) is 18.0 Å². The van der Waals surface area contributed by atoms with Gasteiger partial charge in [-0.1, -0.05) is 0 Å². The minimum Gasteiger partial charge on any atom is -0.360 e. The Kier molecular flexibility index (Phi) is 3.01. The van der Waals surface area contributed by atoms with Gasteiger partial charge in [0.1, 0.15) is 0 Å². The predicted octanol–water partition coefficient (Wildman–Crippen LogP) is -1.92. The van der Waals surface area contributed by atoms with Crippen molar-refractivity contribution in [3.8, 4) is 0 Å². The number of aryl methyl sites for hydroxylation is 1. The maximum atomic E-state index is 11.8. The Labute approximate surface area is 103 Å². The lowest BCUT2D eigenvalue weighted by atomic mass is 10.3. The van der Waals surface area contributed by atoms with Crippen LogP contribution in [0.5, 0.6) is 0 Å². The molecule has 0 radical (unpaired) electrons. The molecule has 2 rings (SSSR count). The van der Waals surface area contributed by atoms with Crippen molar-refractivity contribution in [2.75, 3.05) is 16.8 Å². The van der Waals surface area contributed by atoms with Gasteiger partial charge in [0.2, 0.25) is 5.82 Å². The molecule has 9 heteroatoms. The van der Waals surface area contributed by atoms with Crippen molar-refractivity contribution in [1.29, 1.82) is 0 Å². The molecular weight excluding hydrogens is 260 g/mol. The lowest BCUT2D eigenvalue weighted by molar-refractivity contribution is 0.598. The summed E-state index contributed by atoms with van der Waals surface area (Å²) in [5, 5.41) is 6.60. The van der Waals surface area contributed by atoms with Crippen LogP contribution < -0.4 is 16.6 Å². The van der Waals surface area contributed by atoms with Gasteiger partial charge in [-0.25, -0.2) is 17.9 Å². The molecule has 0 saturated carbocycles. The van der Waals surface area contributed by atoms with Crippen molar-refractivity contribution < 1.29 is 8.42 Å². The monoisotopic (exact) mass is 274 g/mol. The van der Waals surface area contributed by atoms with E-state index in [4.69, 9.17) is 0 Å². The molecule has 1 aliphatic heterocycles. The minimum absolute atomic E-state index is 0.00157. The topological polar surface area (TPSA) is 103 Å². The standard InChI is InChI=1S/C9H14N4O4S/c1-12-8(14)7(11-13(2)9(12)15)10-6-3-4-18(16,17)5-6/h6H,3-5H2,1-2H3,(H,10,11). The molecule has 1 aromatic heterocycles. The van der Waals surface area contributed by atoms with Crippen LogP contribution in [-0.4, -0.2) is 40.3 Å². The van der Waals surface area contributed by atoms with E-state index in [0.29, 0.717) is 6.42 Å². The number of nitrogens with zero attached hydrogens (tertiary/aromatic N) is 3. The Bertz CT molecular complexity index is 687. The number of hydrogen-bond acceptors (Lipinski definition) is 6. The van der Waals surface area contributed by atoms with Gasteiger partial charge in [0, 0.05) is 20.1 Å². The van der Waals surface area contributed by atoms with Crippen LogP contribution >= 0.6 is 0 Å². The number of hydrogen-bond donors (Lipinski definition) is 1. The van der Waals surface area contributed by atoms with Gasteiger partial charge in [-0.15, -0.1) is 5.10 Å². The Morgan fingerprint density at radius 3 is 2.56 bits per heavy atom. The van der Waals surface area contributed by atoms with Crippen LogP contribution in [0.15, 0.2) is 9.59 Å². The van der Waals surface area contributed by atoms with Gasteiger partial charge in [-0.2, -0.15) is 0 Å². The van der Waals surface area contributed by atoms with Crippen LogP contribution in [0.1, 0.15) is 6.42 Å². The molecule has 2 heterocycles. The second-order valence-electron chi connectivity index (χ2n) is 4.36. The zero-order valence-corrected chi connectivity index (χ0v) is 10.9. The number of aromatic nitrogens is 3. The summed E-state index contributed by atoms with van der Waals surface area (Å²) < 4.78 is 24.6. The van der Waals surface area contributed by atoms with Crippen molar-refractivity contribution >= 4 is 15.7 Å². The zero-order chi connectivity index (χ0) is 13.5. The first kappa shape index (κ1) is 12.8. The number of rotatable bonds is 2. The van der Waals surface area contributed by atoms with E-state index in [0.717, 1.165) is 9.25 Å². The third-order valence-corrected chi connectivity index (χ3v) is 4.66. The average Bonchev–Trinajstić information content (AvgIpc) is 2.63. The summed E-state index contributed by atoms with van der Waals surface area (Å²) >= 11 is 0. The fourth-order valence-corrected chi connectivity index (χ4v) is 3.56. The maximum absolute atomic E-state index is 11.8. The fraction of sp³-hybridized carbons (Fsp3) is 0.667. The highest BCUT2D eigenvalue weighted by Crippen LogP contribution is 2.13. The van der Waals surface area contributed by atoms with E-state index < -0.39 is 21.1 Å². The largest absolute Gasteiger partial charge is 0.360 e. The van der Waals surface area contributed by atoms with Gasteiger partial charge in [-0.05, 0) is 6.42 Å². The van der Waals surface area contributed by atoms with Gasteiger partial charge in [-0.3, -0.25) is 9.36 Å². The van der Waals surface area contributed by atoms with Crippen LogP contribution in [0.2, 0.25) is 0 Å². The van der Waals surface area contributed by atoms with Gasteiger partial charge < -0.3 is 5.32 Å². The third-order valence-electron chi connectivity index (χ3n) is 2.89. The molecule has 18 heavy (non-hydrogen) atoms. The molecule has 0 aromatic carbocycles. The molecule has 0 spiro atoms. The minimum atomic E-state index is -3.02. The third kappa shape index (κ3) is 2.30. The van der Waals surface area contributed by atoms with E-state index in [1.807, 2.05) is 0 Å². The van der Waals surface area contributed by atoms with Gasteiger partial charge >= 0.3 is 5.69 Å². The summed E-state index contributed by atoms with van der Waals surface area (Å²) in [6, 6.07) is -0.326. The summed E-state index contributed by atoms with van der Waals surface area (Å²) in [6.07, 6.45) is 0.440. The molecule has 100 valence electrons. The smallest absolute Gasteiger partial charge is 0.346 e. The fourth-order valence-electron chi connectivity index (χ4n) is 1.89. The molecule has 1 atom stereocenters. The second kappa shape index (κ2) is 4.23. The first-order valence-corrected chi connectivity index (χ1v) is 7.23. The number of sulfone groups is 1. The summed E-state index contributed by atoms with van der Waals surface area (Å²) in [5.41, 5.74) is -1.08. The van der Waals surface area contributed by atoms with Crippen LogP contribution in [0.25, 0.3) is 0 Å². The molecule has 1 N–H and O–H groups in total. The van der Waals surface area contributed by atoms with E-state index in [1.54, 1.807) is 0 Å². The molecule has 1 fully saturated rings. The molecular formula is C9H14N4O4S. The lowest BCUT2D eigenvalue weighted by Gasteiger charge is -2.12. The van der Waals surface area contributed by atoms with E-state index >= 15 is 0 Å². The summed E-state index contributed by atoms with van der Waals surface area (Å²) in [4.78, 5) is 23.2. The zero-order valence-electron chi connectivity index (χ0n) is 10.1. The maximum Gasteiger partial charge on any atom is 0.346 e. The number of anilines is 1. The van der Waals surface area contributed by atoms with Crippen molar-refractivity contribution in [1.82, 2.24) is 14.3 Å². The molecule has 1 aliphatic rings. The Balaban J connectivity index is 2.32. The number of nitrogens with one attached hydrogen (secondary N) is 1. The van der Waals surface area contributed by atoms with Crippen LogP contribution in [0.4, 0.5) is 5.82 Å². The summed E-state index contributed by atoms with van der Waals surface area (Å²) in [6.45, 7) is 0. The molecule has 1 unspecified atom stereocenters. The molecule has 1 saturated heterocycles. The average molecular weight is 274 g/mol. The second-order valence-corrected chi connectivity index (χ2v) is 6.59. The Hall–Kier alpha value is -1.64. The van der Waals surface area contributed by atoms with Crippen molar-refractivity contribution in [2.24, 2.45) is 14.1 Å². The lowest BCUT2D eigenvalue weighted by Crippen LogP contribution is -2.41. The summed E-state index contributed by atoms with van der Waals surface area (Å²) in [7, 11) is -0.245. The van der Waals surface area contributed by atoms with Gasteiger partial charge in [0.25, 0.3) is 5.56 Å². The molecule has 8 nitrogen and oxygen atoms in total. The predicted molar refractivity (Wildman–Crippen MR) is 65.4 cm³/mol. The van der Waals surface area contributed by atoms with Gasteiger partial charge in [0.05, 0.1) is 11.5 Å². The molecule has 0 amide bonds. The molecule has 1 aromatic rings. The van der Waals surface area contributed by atoms with E-state index in [2.05, 4.69) is 10.4 Å². The van der Waals surface area contributed by atoms with Crippen LogP contribution in [0.3, 0.4) is 0 Å². The van der Waals surface area contributed by atoms with Crippen molar-refractivity contribution in [2.45, 2.75) is 12.5 Å². The SMILES string of the molecule is Cn1nc(NC2CCS(=O)(=O)C2)c(=O)n(C)c1=O. The first-order valence-electron chi connectivity index (χ1n) is 5.41. The van der Waals surface area contributed by atoms with Gasteiger partial charge in [0.15, 0.2) is 9.84 Å².